The molecule has 0 saturated heterocycles. The van der Waals surface area contributed by atoms with Crippen LogP contribution in [0.1, 0.15) is 43.7 Å². The van der Waals surface area contributed by atoms with Crippen LogP contribution in [0.25, 0.3) is 16.9 Å². The lowest BCUT2D eigenvalue weighted by Gasteiger charge is -2.07. The average Bonchev–Trinajstić information content (AvgIpc) is 2.88. The number of imidazole rings is 1. The van der Waals surface area contributed by atoms with E-state index in [0.717, 1.165) is 30.0 Å². The van der Waals surface area contributed by atoms with E-state index in [2.05, 4.69) is 39.6 Å². The predicted octanol–water partition coefficient (Wildman–Crippen LogP) is 4.22. The summed E-state index contributed by atoms with van der Waals surface area (Å²) in [4.78, 5) is 0. The number of ether oxygens (including phenoxy) is 1. The van der Waals surface area contributed by atoms with Crippen molar-refractivity contribution >= 4 is 0 Å². The number of methoxy groups -OCH3 is 1. The number of aromatic nitrogens is 2. The molecule has 2 heterocycles. The Morgan fingerprint density at radius 2 is 1.81 bits per heavy atom. The second-order valence-corrected chi connectivity index (χ2v) is 7.23. The molecule has 0 saturated carbocycles. The molecule has 140 valence electrons. The summed E-state index contributed by atoms with van der Waals surface area (Å²) >= 11 is 0. The Labute approximate surface area is 160 Å². The van der Waals surface area contributed by atoms with E-state index >= 15 is 0 Å². The molecule has 0 fully saturated rings. The fourth-order valence-electron chi connectivity index (χ4n) is 3.97. The molecule has 0 spiro atoms. The maximum absolute atomic E-state index is 9.80. The summed E-state index contributed by atoms with van der Waals surface area (Å²) in [5, 5.41) is 9.80. The van der Waals surface area contributed by atoms with Gasteiger partial charge >= 0.3 is 0 Å². The molecule has 0 amide bonds. The van der Waals surface area contributed by atoms with Crippen LogP contribution in [0, 0.1) is 0 Å². The minimum Gasteiger partial charge on any atom is -0.492 e. The number of aliphatic hydroxyl groups excluding tert-OH is 1. The SMILES string of the molecule is COc1ccccc1-[n+]1cc(-c2ccc(C(C)O)cc2)n2c1CCCCC2. The van der Waals surface area contributed by atoms with Crippen LogP contribution in [-0.2, 0) is 13.0 Å². The Balaban J connectivity index is 1.87. The number of aliphatic hydroxyl groups is 1. The van der Waals surface area contributed by atoms with Crippen LogP contribution >= 0.6 is 0 Å². The minimum absolute atomic E-state index is 0.443. The van der Waals surface area contributed by atoms with Gasteiger partial charge in [-0.25, -0.2) is 4.57 Å². The van der Waals surface area contributed by atoms with E-state index in [1.165, 1.54) is 36.3 Å². The normalized spacial score (nSPS) is 15.1. The zero-order valence-electron chi connectivity index (χ0n) is 16.1. The number of para-hydroxylation sites is 2. The molecular formula is C23H27N2O2+. The van der Waals surface area contributed by atoms with Crippen molar-refractivity contribution in [2.45, 2.75) is 45.3 Å². The predicted molar refractivity (Wildman–Crippen MR) is 106 cm³/mol. The smallest absolute Gasteiger partial charge is 0.262 e. The van der Waals surface area contributed by atoms with Crippen LogP contribution in [-0.4, -0.2) is 16.8 Å². The Kier molecular flexibility index (Phi) is 4.99. The number of rotatable bonds is 4. The molecule has 4 rings (SSSR count). The topological polar surface area (TPSA) is 38.3 Å². The molecule has 0 radical (unpaired) electrons. The van der Waals surface area contributed by atoms with Crippen molar-refractivity contribution in [3.63, 3.8) is 0 Å². The van der Waals surface area contributed by atoms with E-state index in [1.807, 2.05) is 24.3 Å². The summed E-state index contributed by atoms with van der Waals surface area (Å²) in [6, 6.07) is 16.5. The maximum Gasteiger partial charge on any atom is 0.262 e. The molecule has 1 unspecified atom stereocenters. The molecule has 1 aromatic heterocycles. The third-order valence-corrected chi connectivity index (χ3v) is 5.45. The Morgan fingerprint density at radius 1 is 1.04 bits per heavy atom. The highest BCUT2D eigenvalue weighted by Crippen LogP contribution is 2.28. The van der Waals surface area contributed by atoms with E-state index in [-0.39, 0.29) is 0 Å². The van der Waals surface area contributed by atoms with Crippen LogP contribution in [0.4, 0.5) is 0 Å². The van der Waals surface area contributed by atoms with Gasteiger partial charge in [0.15, 0.2) is 17.1 Å². The molecule has 1 atom stereocenters. The molecular weight excluding hydrogens is 336 g/mol. The van der Waals surface area contributed by atoms with E-state index in [0.29, 0.717) is 0 Å². The second-order valence-electron chi connectivity index (χ2n) is 7.23. The van der Waals surface area contributed by atoms with Crippen LogP contribution < -0.4 is 9.30 Å². The van der Waals surface area contributed by atoms with E-state index in [4.69, 9.17) is 4.74 Å². The largest absolute Gasteiger partial charge is 0.492 e. The van der Waals surface area contributed by atoms with Gasteiger partial charge in [0.2, 0.25) is 0 Å². The summed E-state index contributed by atoms with van der Waals surface area (Å²) in [5.41, 5.74) is 4.42. The van der Waals surface area contributed by atoms with Crippen LogP contribution in [0.5, 0.6) is 5.75 Å². The molecule has 0 bridgehead atoms. The Hall–Kier alpha value is -2.59. The van der Waals surface area contributed by atoms with Gasteiger partial charge in [0, 0.05) is 12.0 Å². The zero-order chi connectivity index (χ0) is 18.8. The monoisotopic (exact) mass is 363 g/mol. The number of fused-ring (bicyclic) bond motifs is 1. The number of hydrogen-bond donors (Lipinski definition) is 1. The standard InChI is InChI=1S/C23H27N2O2/c1-17(26)18-11-13-19(14-12-18)21-16-25(20-8-5-6-9-22(20)27-2)23-10-4-3-7-15-24(21)23/h5-6,8-9,11-14,16-17,26H,3-4,7,10,15H2,1-2H3/q+1. The van der Waals surface area contributed by atoms with Gasteiger partial charge in [0.1, 0.15) is 6.20 Å². The molecule has 2 aromatic carbocycles. The van der Waals surface area contributed by atoms with Gasteiger partial charge in [-0.05, 0) is 43.9 Å². The van der Waals surface area contributed by atoms with Crippen molar-refractivity contribution in [1.29, 1.82) is 0 Å². The summed E-state index contributed by atoms with van der Waals surface area (Å²) < 4.78 is 10.4. The quantitative estimate of drug-likeness (QED) is 0.705. The van der Waals surface area contributed by atoms with Gasteiger partial charge in [0.25, 0.3) is 5.82 Å². The molecule has 1 N–H and O–H groups in total. The summed E-state index contributed by atoms with van der Waals surface area (Å²) in [7, 11) is 1.73. The number of hydrogen-bond acceptors (Lipinski definition) is 2. The summed E-state index contributed by atoms with van der Waals surface area (Å²) in [5.74, 6) is 2.21. The Bertz CT molecular complexity index is 926. The highest BCUT2D eigenvalue weighted by Gasteiger charge is 2.28. The van der Waals surface area contributed by atoms with Crippen molar-refractivity contribution < 1.29 is 14.4 Å². The molecule has 3 aromatic rings. The van der Waals surface area contributed by atoms with Crippen molar-refractivity contribution in [2.24, 2.45) is 0 Å². The first kappa shape index (κ1) is 17.8. The van der Waals surface area contributed by atoms with Crippen molar-refractivity contribution in [3.8, 4) is 22.7 Å². The number of nitrogens with zero attached hydrogens (tertiary/aromatic N) is 2. The van der Waals surface area contributed by atoms with Crippen LogP contribution in [0.15, 0.2) is 54.7 Å². The Morgan fingerprint density at radius 3 is 2.56 bits per heavy atom. The van der Waals surface area contributed by atoms with Crippen molar-refractivity contribution in [1.82, 2.24) is 4.57 Å². The highest BCUT2D eigenvalue weighted by molar-refractivity contribution is 5.59. The van der Waals surface area contributed by atoms with E-state index in [9.17, 15) is 5.11 Å². The lowest BCUT2D eigenvalue weighted by Crippen LogP contribution is -2.34. The van der Waals surface area contributed by atoms with E-state index in [1.54, 1.807) is 14.0 Å². The lowest BCUT2D eigenvalue weighted by atomic mass is 10.1. The first-order valence-corrected chi connectivity index (χ1v) is 9.75. The van der Waals surface area contributed by atoms with Gasteiger partial charge in [-0.3, -0.25) is 0 Å². The molecule has 4 heteroatoms. The van der Waals surface area contributed by atoms with Gasteiger partial charge < -0.3 is 9.84 Å². The fraction of sp³-hybridized carbons (Fsp3) is 0.348. The molecule has 27 heavy (non-hydrogen) atoms. The first-order valence-electron chi connectivity index (χ1n) is 9.75. The van der Waals surface area contributed by atoms with Crippen LogP contribution in [0.3, 0.4) is 0 Å². The summed E-state index contributed by atoms with van der Waals surface area (Å²) in [6.45, 7) is 2.83. The lowest BCUT2D eigenvalue weighted by molar-refractivity contribution is -0.604. The minimum atomic E-state index is -0.443. The highest BCUT2D eigenvalue weighted by atomic mass is 16.5. The molecule has 4 nitrogen and oxygen atoms in total. The zero-order valence-corrected chi connectivity index (χ0v) is 16.1. The van der Waals surface area contributed by atoms with Gasteiger partial charge in [-0.15, -0.1) is 0 Å². The van der Waals surface area contributed by atoms with Crippen LogP contribution in [0.2, 0.25) is 0 Å². The molecule has 1 aliphatic rings. The fourth-order valence-corrected chi connectivity index (χ4v) is 3.97. The van der Waals surface area contributed by atoms with Gasteiger partial charge in [-0.2, -0.15) is 4.57 Å². The first-order chi connectivity index (χ1) is 13.2. The molecule has 0 aliphatic carbocycles. The van der Waals surface area contributed by atoms with E-state index < -0.39 is 6.10 Å². The summed E-state index contributed by atoms with van der Waals surface area (Å²) in [6.07, 6.45) is 6.52. The van der Waals surface area contributed by atoms with Gasteiger partial charge in [0.05, 0.1) is 19.8 Å². The van der Waals surface area contributed by atoms with Crippen molar-refractivity contribution in [2.75, 3.05) is 7.11 Å². The third-order valence-electron chi connectivity index (χ3n) is 5.45. The second kappa shape index (κ2) is 7.57. The average molecular weight is 363 g/mol. The van der Waals surface area contributed by atoms with Gasteiger partial charge in [-0.1, -0.05) is 36.4 Å². The number of benzene rings is 2. The molecule has 1 aliphatic heterocycles. The van der Waals surface area contributed by atoms with Crippen molar-refractivity contribution in [3.05, 3.63) is 66.1 Å². The third kappa shape index (κ3) is 3.37. The maximum atomic E-state index is 9.80.